The second-order valence-corrected chi connectivity index (χ2v) is 6.16. The average molecular weight is 266 g/mol. The highest BCUT2D eigenvalue weighted by molar-refractivity contribution is 7.10. The predicted octanol–water partition coefficient (Wildman–Crippen LogP) is 2.06. The van der Waals surface area contributed by atoms with E-state index in [2.05, 4.69) is 23.7 Å². The van der Waals surface area contributed by atoms with Gasteiger partial charge in [0.25, 0.3) is 0 Å². The summed E-state index contributed by atoms with van der Waals surface area (Å²) in [6.07, 6.45) is 2.72. The highest BCUT2D eigenvalue weighted by atomic mass is 32.1. The van der Waals surface area contributed by atoms with Gasteiger partial charge in [0.2, 0.25) is 5.91 Å². The van der Waals surface area contributed by atoms with E-state index in [9.17, 15) is 4.79 Å². The summed E-state index contributed by atoms with van der Waals surface area (Å²) in [7, 11) is 1.93. The smallest absolute Gasteiger partial charge is 0.222 e. The normalized spacial score (nSPS) is 19.1. The number of nitrogens with zero attached hydrogens (tertiary/aromatic N) is 1. The number of carbonyl (C=O) groups excluding carboxylic acids is 1. The van der Waals surface area contributed by atoms with Crippen molar-refractivity contribution in [2.24, 2.45) is 5.92 Å². The van der Waals surface area contributed by atoms with E-state index in [1.54, 1.807) is 11.3 Å². The van der Waals surface area contributed by atoms with E-state index >= 15 is 0 Å². The van der Waals surface area contributed by atoms with Crippen LogP contribution in [0.3, 0.4) is 0 Å². The summed E-state index contributed by atoms with van der Waals surface area (Å²) >= 11 is 1.76. The highest BCUT2D eigenvalue weighted by Crippen LogP contribution is 2.18. The molecule has 1 aliphatic rings. The number of hydrogen-bond donors (Lipinski definition) is 1. The maximum atomic E-state index is 12.0. The monoisotopic (exact) mass is 266 g/mol. The molecule has 18 heavy (non-hydrogen) atoms. The zero-order valence-corrected chi connectivity index (χ0v) is 12.1. The number of rotatable bonds is 5. The van der Waals surface area contributed by atoms with Gasteiger partial charge in [0.05, 0.1) is 0 Å². The third-order valence-electron chi connectivity index (χ3n) is 3.65. The Hall–Kier alpha value is -0.870. The van der Waals surface area contributed by atoms with Gasteiger partial charge in [-0.15, -0.1) is 11.3 Å². The van der Waals surface area contributed by atoms with Crippen LogP contribution in [0.25, 0.3) is 0 Å². The molecule has 0 saturated carbocycles. The molecule has 1 amide bonds. The molecule has 0 radical (unpaired) electrons. The SMILES string of the molecule is Cc1ccsc1CCC(=O)N(C)CC1CCNC1. The largest absolute Gasteiger partial charge is 0.345 e. The second kappa shape index (κ2) is 6.34. The van der Waals surface area contributed by atoms with Crippen LogP contribution in [0.4, 0.5) is 0 Å². The molecule has 100 valence electrons. The van der Waals surface area contributed by atoms with E-state index in [1.165, 1.54) is 16.9 Å². The van der Waals surface area contributed by atoms with Crippen LogP contribution in [0.2, 0.25) is 0 Å². The number of aryl methyl sites for hydroxylation is 2. The molecule has 1 fully saturated rings. The Labute approximate surface area is 113 Å². The summed E-state index contributed by atoms with van der Waals surface area (Å²) in [4.78, 5) is 15.3. The van der Waals surface area contributed by atoms with Gasteiger partial charge in [-0.3, -0.25) is 4.79 Å². The number of carbonyl (C=O) groups is 1. The number of thiophene rings is 1. The third-order valence-corrected chi connectivity index (χ3v) is 4.74. The van der Waals surface area contributed by atoms with Crippen molar-refractivity contribution in [1.29, 1.82) is 0 Å². The summed E-state index contributed by atoms with van der Waals surface area (Å²) in [5.41, 5.74) is 1.32. The average Bonchev–Trinajstić information content (AvgIpc) is 2.98. The van der Waals surface area contributed by atoms with Crippen LogP contribution < -0.4 is 5.32 Å². The lowest BCUT2D eigenvalue weighted by Gasteiger charge is -2.20. The van der Waals surface area contributed by atoms with E-state index in [1.807, 2.05) is 11.9 Å². The van der Waals surface area contributed by atoms with Crippen molar-refractivity contribution in [1.82, 2.24) is 10.2 Å². The van der Waals surface area contributed by atoms with E-state index in [4.69, 9.17) is 0 Å². The number of nitrogens with one attached hydrogen (secondary N) is 1. The molecule has 1 aromatic heterocycles. The Kier molecular flexibility index (Phi) is 4.78. The maximum absolute atomic E-state index is 12.0. The van der Waals surface area contributed by atoms with Gasteiger partial charge in [-0.2, -0.15) is 0 Å². The number of hydrogen-bond acceptors (Lipinski definition) is 3. The predicted molar refractivity (Wildman–Crippen MR) is 76.0 cm³/mol. The van der Waals surface area contributed by atoms with Crippen LogP contribution in [0, 0.1) is 12.8 Å². The fraction of sp³-hybridized carbons (Fsp3) is 0.643. The molecule has 0 bridgehead atoms. The fourth-order valence-corrected chi connectivity index (χ4v) is 3.34. The zero-order valence-electron chi connectivity index (χ0n) is 11.2. The molecule has 1 atom stereocenters. The molecule has 2 heterocycles. The molecule has 4 heteroatoms. The van der Waals surface area contributed by atoms with Crippen molar-refractivity contribution in [3.8, 4) is 0 Å². The fourth-order valence-electron chi connectivity index (χ4n) is 2.43. The molecule has 1 saturated heterocycles. The lowest BCUT2D eigenvalue weighted by atomic mass is 10.1. The van der Waals surface area contributed by atoms with Crippen LogP contribution in [0.5, 0.6) is 0 Å². The molecule has 2 rings (SSSR count). The topological polar surface area (TPSA) is 32.3 Å². The lowest BCUT2D eigenvalue weighted by molar-refractivity contribution is -0.130. The number of amides is 1. The molecular weight excluding hydrogens is 244 g/mol. The van der Waals surface area contributed by atoms with E-state index < -0.39 is 0 Å². The Balaban J connectivity index is 1.75. The Bertz CT molecular complexity index is 396. The van der Waals surface area contributed by atoms with Gasteiger partial charge in [-0.05, 0) is 55.8 Å². The summed E-state index contributed by atoms with van der Waals surface area (Å²) in [6.45, 7) is 5.17. The molecule has 0 aromatic carbocycles. The minimum absolute atomic E-state index is 0.273. The van der Waals surface area contributed by atoms with Crippen LogP contribution >= 0.6 is 11.3 Å². The first-order valence-electron chi connectivity index (χ1n) is 6.64. The molecule has 1 N–H and O–H groups in total. The molecule has 1 unspecified atom stereocenters. The first kappa shape index (κ1) is 13.6. The first-order valence-corrected chi connectivity index (χ1v) is 7.52. The highest BCUT2D eigenvalue weighted by Gasteiger charge is 2.19. The van der Waals surface area contributed by atoms with Gasteiger partial charge in [-0.1, -0.05) is 0 Å². The van der Waals surface area contributed by atoms with Crippen molar-refractivity contribution in [2.45, 2.75) is 26.2 Å². The van der Waals surface area contributed by atoms with Crippen molar-refractivity contribution in [3.05, 3.63) is 21.9 Å². The summed E-state index contributed by atoms with van der Waals surface area (Å²) < 4.78 is 0. The van der Waals surface area contributed by atoms with Gasteiger partial charge in [0, 0.05) is 24.9 Å². The van der Waals surface area contributed by atoms with Crippen LogP contribution in [0.1, 0.15) is 23.3 Å². The summed E-state index contributed by atoms with van der Waals surface area (Å²) in [5.74, 6) is 0.914. The van der Waals surface area contributed by atoms with Crippen molar-refractivity contribution in [2.75, 3.05) is 26.7 Å². The van der Waals surface area contributed by atoms with Gasteiger partial charge >= 0.3 is 0 Å². The quantitative estimate of drug-likeness (QED) is 0.885. The molecule has 1 aromatic rings. The summed E-state index contributed by atoms with van der Waals surface area (Å²) in [5, 5.41) is 5.44. The van der Waals surface area contributed by atoms with Crippen LogP contribution in [-0.2, 0) is 11.2 Å². The molecule has 0 aliphatic carbocycles. The van der Waals surface area contributed by atoms with Crippen LogP contribution in [-0.4, -0.2) is 37.5 Å². The van der Waals surface area contributed by atoms with Crippen molar-refractivity contribution < 1.29 is 4.79 Å². The zero-order chi connectivity index (χ0) is 13.0. The van der Waals surface area contributed by atoms with E-state index in [-0.39, 0.29) is 5.91 Å². The molecule has 3 nitrogen and oxygen atoms in total. The molecule has 0 spiro atoms. The van der Waals surface area contributed by atoms with Gasteiger partial charge in [-0.25, -0.2) is 0 Å². The Morgan fingerprint density at radius 2 is 2.44 bits per heavy atom. The van der Waals surface area contributed by atoms with E-state index in [0.717, 1.165) is 26.1 Å². The van der Waals surface area contributed by atoms with Gasteiger partial charge in [0.1, 0.15) is 0 Å². The molecular formula is C14H22N2OS. The van der Waals surface area contributed by atoms with Gasteiger partial charge in [0.15, 0.2) is 0 Å². The first-order chi connectivity index (χ1) is 8.66. The van der Waals surface area contributed by atoms with Crippen molar-refractivity contribution in [3.63, 3.8) is 0 Å². The Morgan fingerprint density at radius 1 is 1.61 bits per heavy atom. The minimum Gasteiger partial charge on any atom is -0.345 e. The van der Waals surface area contributed by atoms with Crippen molar-refractivity contribution >= 4 is 17.2 Å². The van der Waals surface area contributed by atoms with E-state index in [0.29, 0.717) is 12.3 Å². The minimum atomic E-state index is 0.273. The lowest BCUT2D eigenvalue weighted by Crippen LogP contribution is -2.32. The van der Waals surface area contributed by atoms with Gasteiger partial charge < -0.3 is 10.2 Å². The molecule has 1 aliphatic heterocycles. The third kappa shape index (κ3) is 3.56. The van der Waals surface area contributed by atoms with Crippen LogP contribution in [0.15, 0.2) is 11.4 Å². The summed E-state index contributed by atoms with van der Waals surface area (Å²) in [6, 6.07) is 2.12. The second-order valence-electron chi connectivity index (χ2n) is 5.16. The maximum Gasteiger partial charge on any atom is 0.222 e. The Morgan fingerprint density at radius 3 is 3.06 bits per heavy atom. The standard InChI is InChI=1S/C14H22N2OS/c1-11-6-8-18-13(11)3-4-14(17)16(2)10-12-5-7-15-9-12/h6,8,12,15H,3-5,7,9-10H2,1-2H3.